The third-order valence-corrected chi connectivity index (χ3v) is 2.00. The Bertz CT molecular complexity index is 402. The quantitative estimate of drug-likeness (QED) is 0.593. The van der Waals surface area contributed by atoms with Gasteiger partial charge in [-0.05, 0) is 18.6 Å². The minimum absolute atomic E-state index is 0.601. The second-order valence-electron chi connectivity index (χ2n) is 3.31. The average molecular weight is 221 g/mol. The zero-order valence-corrected chi connectivity index (χ0v) is 9.36. The number of rotatable bonds is 4. The molecule has 0 aliphatic rings. The fourth-order valence-electron chi connectivity index (χ4n) is 1.31. The molecule has 0 saturated carbocycles. The summed E-state index contributed by atoms with van der Waals surface area (Å²) in [7, 11) is 1.62. The monoisotopic (exact) mass is 221 g/mol. The van der Waals surface area contributed by atoms with E-state index in [0.29, 0.717) is 6.42 Å². The van der Waals surface area contributed by atoms with Gasteiger partial charge in [0.05, 0.1) is 7.11 Å². The number of hydrazone groups is 1. The number of carbonyl (C=O) groups is 1. The number of amides is 2. The lowest BCUT2D eigenvalue weighted by Gasteiger charge is -2.07. The van der Waals surface area contributed by atoms with Gasteiger partial charge >= 0.3 is 6.03 Å². The van der Waals surface area contributed by atoms with Gasteiger partial charge in [-0.25, -0.2) is 10.2 Å². The highest BCUT2D eigenvalue weighted by Crippen LogP contribution is 2.17. The van der Waals surface area contributed by atoms with Crippen LogP contribution in [0, 0.1) is 0 Å². The lowest BCUT2D eigenvalue weighted by molar-refractivity contribution is 0.249. The summed E-state index contributed by atoms with van der Waals surface area (Å²) in [5.41, 5.74) is 8.86. The largest absolute Gasteiger partial charge is 0.496 e. The summed E-state index contributed by atoms with van der Waals surface area (Å²) in [6, 6.07) is 6.98. The number of hydrogen-bond donors (Lipinski definition) is 2. The summed E-state index contributed by atoms with van der Waals surface area (Å²) in [5, 5.41) is 3.83. The van der Waals surface area contributed by atoms with E-state index in [-0.39, 0.29) is 0 Å². The number of nitrogens with two attached hydrogens (primary N) is 1. The molecule has 0 bridgehead atoms. The van der Waals surface area contributed by atoms with E-state index in [1.54, 1.807) is 7.11 Å². The number of urea groups is 1. The Balaban J connectivity index is 2.72. The second-order valence-corrected chi connectivity index (χ2v) is 3.31. The van der Waals surface area contributed by atoms with Gasteiger partial charge in [0.25, 0.3) is 0 Å². The summed E-state index contributed by atoms with van der Waals surface area (Å²) >= 11 is 0. The number of hydrogen-bond acceptors (Lipinski definition) is 3. The highest BCUT2D eigenvalue weighted by Gasteiger charge is 2.03. The van der Waals surface area contributed by atoms with Gasteiger partial charge in [0.1, 0.15) is 5.75 Å². The van der Waals surface area contributed by atoms with Gasteiger partial charge in [-0.1, -0.05) is 18.2 Å². The minimum Gasteiger partial charge on any atom is -0.496 e. The van der Waals surface area contributed by atoms with Crippen LogP contribution in [0.1, 0.15) is 12.5 Å². The van der Waals surface area contributed by atoms with E-state index in [4.69, 9.17) is 10.5 Å². The fourth-order valence-corrected chi connectivity index (χ4v) is 1.31. The maximum absolute atomic E-state index is 10.5. The number of nitrogens with zero attached hydrogens (tertiary/aromatic N) is 1. The number of ether oxygens (including phenoxy) is 1. The van der Waals surface area contributed by atoms with E-state index in [9.17, 15) is 4.79 Å². The van der Waals surface area contributed by atoms with E-state index in [1.807, 2.05) is 31.2 Å². The topological polar surface area (TPSA) is 76.7 Å². The van der Waals surface area contributed by atoms with E-state index >= 15 is 0 Å². The molecule has 0 aromatic heterocycles. The minimum atomic E-state index is -0.667. The lowest BCUT2D eigenvalue weighted by Crippen LogP contribution is -2.25. The number of para-hydroxylation sites is 1. The molecule has 5 nitrogen and oxygen atoms in total. The first kappa shape index (κ1) is 12.0. The SMILES string of the molecule is COc1ccccc1C/C(C)=N\NC(N)=O. The van der Waals surface area contributed by atoms with Gasteiger partial charge in [0.15, 0.2) is 0 Å². The van der Waals surface area contributed by atoms with Crippen molar-refractivity contribution >= 4 is 11.7 Å². The molecule has 0 fully saturated rings. The molecule has 0 spiro atoms. The Morgan fingerprint density at radius 2 is 2.19 bits per heavy atom. The van der Waals surface area contributed by atoms with Crippen molar-refractivity contribution in [3.05, 3.63) is 29.8 Å². The molecular weight excluding hydrogens is 206 g/mol. The van der Waals surface area contributed by atoms with Crippen LogP contribution < -0.4 is 15.9 Å². The zero-order valence-electron chi connectivity index (χ0n) is 9.36. The molecule has 0 aliphatic heterocycles. The smallest absolute Gasteiger partial charge is 0.332 e. The molecule has 0 radical (unpaired) electrons. The molecule has 0 atom stereocenters. The molecule has 16 heavy (non-hydrogen) atoms. The standard InChI is InChI=1S/C11H15N3O2/c1-8(13-14-11(12)15)7-9-5-3-4-6-10(9)16-2/h3-6H,7H2,1-2H3,(H3,12,14,15)/b13-8-. The van der Waals surface area contributed by atoms with Crippen molar-refractivity contribution in [2.75, 3.05) is 7.11 Å². The maximum atomic E-state index is 10.5. The maximum Gasteiger partial charge on any atom is 0.332 e. The van der Waals surface area contributed by atoms with Crippen LogP contribution in [0.2, 0.25) is 0 Å². The Morgan fingerprint density at radius 1 is 1.50 bits per heavy atom. The number of nitrogens with one attached hydrogen (secondary N) is 1. The highest BCUT2D eigenvalue weighted by molar-refractivity contribution is 5.86. The molecule has 2 amide bonds. The number of methoxy groups -OCH3 is 1. The first-order chi connectivity index (χ1) is 7.63. The molecule has 1 aromatic carbocycles. The second kappa shape index (κ2) is 5.75. The number of carbonyl (C=O) groups excluding carboxylic acids is 1. The normalized spacial score (nSPS) is 11.0. The molecule has 86 valence electrons. The summed E-state index contributed by atoms with van der Waals surface area (Å²) < 4.78 is 5.20. The van der Waals surface area contributed by atoms with Crippen LogP contribution in [0.4, 0.5) is 4.79 Å². The van der Waals surface area contributed by atoms with Gasteiger partial charge in [0, 0.05) is 12.1 Å². The van der Waals surface area contributed by atoms with Gasteiger partial charge in [-0.3, -0.25) is 0 Å². The molecule has 1 rings (SSSR count). The summed E-state index contributed by atoms with van der Waals surface area (Å²) in [4.78, 5) is 10.5. The van der Waals surface area contributed by atoms with E-state index in [2.05, 4.69) is 10.5 Å². The van der Waals surface area contributed by atoms with Crippen molar-refractivity contribution < 1.29 is 9.53 Å². The van der Waals surface area contributed by atoms with Crippen molar-refractivity contribution in [1.29, 1.82) is 0 Å². The third-order valence-electron chi connectivity index (χ3n) is 2.00. The number of primary amides is 1. The van der Waals surface area contributed by atoms with Gasteiger partial charge in [0.2, 0.25) is 0 Å². The van der Waals surface area contributed by atoms with Gasteiger partial charge in [-0.2, -0.15) is 5.10 Å². The lowest BCUT2D eigenvalue weighted by atomic mass is 10.1. The van der Waals surface area contributed by atoms with Crippen molar-refractivity contribution in [1.82, 2.24) is 5.43 Å². The van der Waals surface area contributed by atoms with Crippen LogP contribution >= 0.6 is 0 Å². The Kier molecular flexibility index (Phi) is 4.32. The Labute approximate surface area is 94.3 Å². The first-order valence-electron chi connectivity index (χ1n) is 4.84. The first-order valence-corrected chi connectivity index (χ1v) is 4.84. The van der Waals surface area contributed by atoms with Crippen LogP contribution in [0.3, 0.4) is 0 Å². The van der Waals surface area contributed by atoms with Crippen molar-refractivity contribution in [3.8, 4) is 5.75 Å². The third kappa shape index (κ3) is 3.61. The predicted octanol–water partition coefficient (Wildman–Crippen LogP) is 1.28. The molecule has 5 heteroatoms. The molecule has 3 N–H and O–H groups in total. The van der Waals surface area contributed by atoms with Crippen LogP contribution in [0.25, 0.3) is 0 Å². The van der Waals surface area contributed by atoms with Gasteiger partial charge in [-0.15, -0.1) is 0 Å². The molecule has 0 heterocycles. The molecular formula is C11H15N3O2. The fraction of sp³-hybridized carbons (Fsp3) is 0.273. The highest BCUT2D eigenvalue weighted by atomic mass is 16.5. The molecule has 0 unspecified atom stereocenters. The predicted molar refractivity (Wildman–Crippen MR) is 62.5 cm³/mol. The van der Waals surface area contributed by atoms with Gasteiger partial charge < -0.3 is 10.5 Å². The van der Waals surface area contributed by atoms with Crippen LogP contribution in [-0.4, -0.2) is 18.9 Å². The number of benzene rings is 1. The summed E-state index contributed by atoms with van der Waals surface area (Å²) in [6.45, 7) is 1.81. The Morgan fingerprint density at radius 3 is 2.81 bits per heavy atom. The summed E-state index contributed by atoms with van der Waals surface area (Å²) in [5.74, 6) is 0.802. The Hall–Kier alpha value is -2.04. The van der Waals surface area contributed by atoms with Crippen LogP contribution in [0.5, 0.6) is 5.75 Å². The van der Waals surface area contributed by atoms with E-state index in [0.717, 1.165) is 17.0 Å². The van der Waals surface area contributed by atoms with E-state index in [1.165, 1.54) is 0 Å². The zero-order chi connectivity index (χ0) is 12.0. The van der Waals surface area contributed by atoms with E-state index < -0.39 is 6.03 Å². The van der Waals surface area contributed by atoms with Crippen molar-refractivity contribution in [2.24, 2.45) is 10.8 Å². The summed E-state index contributed by atoms with van der Waals surface area (Å²) in [6.07, 6.45) is 0.601. The average Bonchev–Trinajstić information content (AvgIpc) is 2.27. The molecule has 0 saturated heterocycles. The van der Waals surface area contributed by atoms with Crippen LogP contribution in [-0.2, 0) is 6.42 Å². The molecule has 0 aliphatic carbocycles. The van der Waals surface area contributed by atoms with Crippen molar-refractivity contribution in [2.45, 2.75) is 13.3 Å². The van der Waals surface area contributed by atoms with Crippen molar-refractivity contribution in [3.63, 3.8) is 0 Å². The molecule has 1 aromatic rings. The van der Waals surface area contributed by atoms with Crippen LogP contribution in [0.15, 0.2) is 29.4 Å².